The van der Waals surface area contributed by atoms with Crippen molar-refractivity contribution in [1.29, 1.82) is 0 Å². The van der Waals surface area contributed by atoms with Crippen LogP contribution in [0.5, 0.6) is 11.5 Å². The predicted molar refractivity (Wildman–Crippen MR) is 133 cm³/mol. The molecule has 0 aliphatic heterocycles. The number of anilines is 2. The van der Waals surface area contributed by atoms with Crippen LogP contribution in [-0.4, -0.2) is 49.2 Å². The minimum Gasteiger partial charge on any atom is -0.493 e. The Bertz CT molecular complexity index is 1260. The molecule has 1 amide bonds. The standard InChI is InChI=1S/C25H28FN3O5S/c1-28(2)20-9-5-18(6-10-20)16-27-25(30)17-29(21-11-7-19(26)8-12-21)35(31,32)22-13-14-23(33-3)24(15-22)34-4/h5-15H,16-17H2,1-4H3,(H,27,30). The van der Waals surface area contributed by atoms with Gasteiger partial charge in [-0.1, -0.05) is 12.1 Å². The molecule has 3 rings (SSSR count). The number of carbonyl (C=O) groups excluding carboxylic acids is 1. The molecule has 0 saturated heterocycles. The van der Waals surface area contributed by atoms with Crippen LogP contribution >= 0.6 is 0 Å². The molecule has 186 valence electrons. The van der Waals surface area contributed by atoms with Crippen molar-refractivity contribution in [1.82, 2.24) is 5.32 Å². The Kier molecular flexibility index (Phi) is 8.18. The predicted octanol–water partition coefficient (Wildman–Crippen LogP) is 3.42. The number of sulfonamides is 1. The molecule has 0 aliphatic carbocycles. The van der Waals surface area contributed by atoms with Crippen molar-refractivity contribution in [3.63, 3.8) is 0 Å². The molecule has 35 heavy (non-hydrogen) atoms. The first-order valence-electron chi connectivity index (χ1n) is 10.7. The molecule has 0 aliphatic rings. The van der Waals surface area contributed by atoms with Crippen molar-refractivity contribution in [2.45, 2.75) is 11.4 Å². The quantitative estimate of drug-likeness (QED) is 0.458. The average Bonchev–Trinajstić information content (AvgIpc) is 2.86. The van der Waals surface area contributed by atoms with Gasteiger partial charge in [-0.15, -0.1) is 0 Å². The first kappa shape index (κ1) is 25.8. The number of hydrogen-bond acceptors (Lipinski definition) is 6. The number of ether oxygens (including phenoxy) is 2. The van der Waals surface area contributed by atoms with Crippen LogP contribution in [-0.2, 0) is 21.4 Å². The van der Waals surface area contributed by atoms with Gasteiger partial charge in [-0.2, -0.15) is 0 Å². The van der Waals surface area contributed by atoms with Gasteiger partial charge in [-0.25, -0.2) is 12.8 Å². The van der Waals surface area contributed by atoms with E-state index in [2.05, 4.69) is 5.32 Å². The highest BCUT2D eigenvalue weighted by Crippen LogP contribution is 2.32. The molecule has 3 aromatic rings. The zero-order chi connectivity index (χ0) is 25.6. The molecule has 0 unspecified atom stereocenters. The third-order valence-electron chi connectivity index (χ3n) is 5.29. The van der Waals surface area contributed by atoms with Crippen LogP contribution in [0, 0.1) is 5.82 Å². The van der Waals surface area contributed by atoms with E-state index in [1.165, 1.54) is 44.6 Å². The number of amides is 1. The normalized spacial score (nSPS) is 11.0. The lowest BCUT2D eigenvalue weighted by Crippen LogP contribution is -2.40. The topological polar surface area (TPSA) is 88.2 Å². The Morgan fingerprint density at radius 1 is 0.886 bits per heavy atom. The Labute approximate surface area is 204 Å². The molecule has 8 nitrogen and oxygen atoms in total. The first-order chi connectivity index (χ1) is 16.6. The van der Waals surface area contributed by atoms with Crippen molar-refractivity contribution in [3.05, 3.63) is 78.1 Å². The van der Waals surface area contributed by atoms with Crippen molar-refractivity contribution in [3.8, 4) is 11.5 Å². The summed E-state index contributed by atoms with van der Waals surface area (Å²) < 4.78 is 51.9. The maximum absolute atomic E-state index is 13.5. The number of methoxy groups -OCH3 is 2. The van der Waals surface area contributed by atoms with E-state index in [0.29, 0.717) is 5.75 Å². The summed E-state index contributed by atoms with van der Waals surface area (Å²) in [5, 5.41) is 2.75. The van der Waals surface area contributed by atoms with Crippen LogP contribution < -0.4 is 24.0 Å². The Hall–Kier alpha value is -3.79. The summed E-state index contributed by atoms with van der Waals surface area (Å²) in [5.74, 6) is -0.464. The molecule has 3 aromatic carbocycles. The van der Waals surface area contributed by atoms with E-state index in [9.17, 15) is 17.6 Å². The summed E-state index contributed by atoms with van der Waals surface area (Å²) in [6, 6.07) is 16.6. The minimum atomic E-state index is -4.21. The van der Waals surface area contributed by atoms with Crippen LogP contribution in [0.3, 0.4) is 0 Å². The summed E-state index contributed by atoms with van der Waals surface area (Å²) in [5.41, 5.74) is 2.02. The van der Waals surface area contributed by atoms with Crippen LogP contribution in [0.25, 0.3) is 0 Å². The monoisotopic (exact) mass is 501 g/mol. The molecule has 0 atom stereocenters. The molecule has 1 N–H and O–H groups in total. The van der Waals surface area contributed by atoms with E-state index in [-0.39, 0.29) is 22.9 Å². The molecular weight excluding hydrogens is 473 g/mol. The van der Waals surface area contributed by atoms with Gasteiger partial charge in [0.05, 0.1) is 24.8 Å². The lowest BCUT2D eigenvalue weighted by molar-refractivity contribution is -0.119. The van der Waals surface area contributed by atoms with E-state index in [0.717, 1.165) is 27.7 Å². The fourth-order valence-corrected chi connectivity index (χ4v) is 4.76. The lowest BCUT2D eigenvalue weighted by atomic mass is 10.2. The first-order valence-corrected chi connectivity index (χ1v) is 12.1. The van der Waals surface area contributed by atoms with E-state index < -0.39 is 28.3 Å². The number of hydrogen-bond donors (Lipinski definition) is 1. The Balaban J connectivity index is 1.86. The zero-order valence-corrected chi connectivity index (χ0v) is 20.8. The number of nitrogens with one attached hydrogen (secondary N) is 1. The third-order valence-corrected chi connectivity index (χ3v) is 7.06. The maximum Gasteiger partial charge on any atom is 0.264 e. The summed E-state index contributed by atoms with van der Waals surface area (Å²) in [7, 11) is 2.48. The number of benzene rings is 3. The summed E-state index contributed by atoms with van der Waals surface area (Å²) in [6.45, 7) is -0.279. The van der Waals surface area contributed by atoms with Gasteiger partial charge in [0.25, 0.3) is 10.0 Å². The average molecular weight is 502 g/mol. The Morgan fingerprint density at radius 2 is 1.49 bits per heavy atom. The minimum absolute atomic E-state index is 0.105. The van der Waals surface area contributed by atoms with Gasteiger partial charge in [-0.05, 0) is 54.1 Å². The van der Waals surface area contributed by atoms with Crippen LogP contribution in [0.2, 0.25) is 0 Å². The zero-order valence-electron chi connectivity index (χ0n) is 20.0. The van der Waals surface area contributed by atoms with Gasteiger partial charge in [0, 0.05) is 32.4 Å². The highest BCUT2D eigenvalue weighted by atomic mass is 32.2. The SMILES string of the molecule is COc1ccc(S(=O)(=O)N(CC(=O)NCc2ccc(N(C)C)cc2)c2ccc(F)cc2)cc1OC. The van der Waals surface area contributed by atoms with Gasteiger partial charge in [-0.3, -0.25) is 9.10 Å². The van der Waals surface area contributed by atoms with E-state index >= 15 is 0 Å². The summed E-state index contributed by atoms with van der Waals surface area (Å²) in [4.78, 5) is 14.7. The number of halogens is 1. The molecule has 0 heterocycles. The molecule has 10 heteroatoms. The smallest absolute Gasteiger partial charge is 0.264 e. The largest absolute Gasteiger partial charge is 0.493 e. The van der Waals surface area contributed by atoms with Gasteiger partial charge < -0.3 is 19.7 Å². The molecular formula is C25H28FN3O5S. The van der Waals surface area contributed by atoms with Gasteiger partial charge >= 0.3 is 0 Å². The van der Waals surface area contributed by atoms with Crippen LogP contribution in [0.1, 0.15) is 5.56 Å². The second-order valence-electron chi connectivity index (χ2n) is 7.84. The van der Waals surface area contributed by atoms with Crippen LogP contribution in [0.4, 0.5) is 15.8 Å². The van der Waals surface area contributed by atoms with Crippen molar-refractivity contribution >= 4 is 27.3 Å². The second-order valence-corrected chi connectivity index (χ2v) is 9.70. The number of carbonyl (C=O) groups is 1. The Morgan fingerprint density at radius 3 is 2.06 bits per heavy atom. The van der Waals surface area contributed by atoms with E-state index in [1.807, 2.05) is 43.3 Å². The third kappa shape index (κ3) is 6.21. The van der Waals surface area contributed by atoms with Crippen molar-refractivity contribution in [2.75, 3.05) is 44.1 Å². The highest BCUT2D eigenvalue weighted by molar-refractivity contribution is 7.92. The molecule has 0 fully saturated rings. The molecule has 0 bridgehead atoms. The van der Waals surface area contributed by atoms with E-state index in [1.54, 1.807) is 0 Å². The van der Waals surface area contributed by atoms with Gasteiger partial charge in [0.1, 0.15) is 12.4 Å². The molecule has 0 radical (unpaired) electrons. The van der Waals surface area contributed by atoms with Crippen molar-refractivity contribution < 1.29 is 27.1 Å². The molecule has 0 aromatic heterocycles. The van der Waals surface area contributed by atoms with Crippen LogP contribution in [0.15, 0.2) is 71.6 Å². The number of nitrogens with zero attached hydrogens (tertiary/aromatic N) is 2. The molecule has 0 spiro atoms. The summed E-state index contributed by atoms with van der Waals surface area (Å²) in [6.07, 6.45) is 0. The molecule has 0 saturated carbocycles. The van der Waals surface area contributed by atoms with Gasteiger partial charge in [0.2, 0.25) is 5.91 Å². The van der Waals surface area contributed by atoms with Gasteiger partial charge in [0.15, 0.2) is 11.5 Å². The van der Waals surface area contributed by atoms with Crippen molar-refractivity contribution in [2.24, 2.45) is 0 Å². The summed E-state index contributed by atoms with van der Waals surface area (Å²) >= 11 is 0. The fourth-order valence-electron chi connectivity index (χ4n) is 3.33. The highest BCUT2D eigenvalue weighted by Gasteiger charge is 2.28. The fraction of sp³-hybridized carbons (Fsp3) is 0.240. The lowest BCUT2D eigenvalue weighted by Gasteiger charge is -2.24. The van der Waals surface area contributed by atoms with E-state index in [4.69, 9.17) is 9.47 Å². The second kappa shape index (κ2) is 11.1. The number of rotatable bonds is 10. The maximum atomic E-state index is 13.5.